The Bertz CT molecular complexity index is 838. The SMILES string of the molecule is O=C(NCc1cncc(-c2ccco2)c1)c1cc[nH]c(=O)c1. The molecule has 0 bridgehead atoms. The molecule has 6 heteroatoms. The van der Waals surface area contributed by atoms with Crippen LogP contribution >= 0.6 is 0 Å². The van der Waals surface area contributed by atoms with Crippen molar-refractivity contribution >= 4 is 5.91 Å². The van der Waals surface area contributed by atoms with Gasteiger partial charge in [-0.1, -0.05) is 0 Å². The van der Waals surface area contributed by atoms with Gasteiger partial charge in [0.25, 0.3) is 5.91 Å². The first kappa shape index (κ1) is 13.8. The van der Waals surface area contributed by atoms with Gasteiger partial charge in [0, 0.05) is 42.3 Å². The van der Waals surface area contributed by atoms with Crippen LogP contribution in [0.4, 0.5) is 0 Å². The van der Waals surface area contributed by atoms with Crippen molar-refractivity contribution in [1.29, 1.82) is 0 Å². The Morgan fingerprint density at radius 2 is 2.18 bits per heavy atom. The molecule has 22 heavy (non-hydrogen) atoms. The molecule has 0 aliphatic rings. The van der Waals surface area contributed by atoms with E-state index in [-0.39, 0.29) is 11.5 Å². The third-order valence-electron chi connectivity index (χ3n) is 3.09. The van der Waals surface area contributed by atoms with Crippen LogP contribution in [0.25, 0.3) is 11.3 Å². The zero-order chi connectivity index (χ0) is 15.4. The molecule has 3 aromatic rings. The molecular weight excluding hydrogens is 282 g/mol. The molecular formula is C16H13N3O3. The first-order chi connectivity index (χ1) is 10.7. The van der Waals surface area contributed by atoms with E-state index in [0.717, 1.165) is 16.9 Å². The van der Waals surface area contributed by atoms with E-state index in [2.05, 4.69) is 15.3 Å². The number of hydrogen-bond acceptors (Lipinski definition) is 4. The Hall–Kier alpha value is -3.15. The van der Waals surface area contributed by atoms with E-state index < -0.39 is 0 Å². The molecule has 1 amide bonds. The molecule has 0 unspecified atom stereocenters. The molecule has 2 N–H and O–H groups in total. The molecule has 0 fully saturated rings. The Morgan fingerprint density at radius 3 is 2.95 bits per heavy atom. The van der Waals surface area contributed by atoms with Gasteiger partial charge >= 0.3 is 0 Å². The molecule has 3 rings (SSSR count). The number of rotatable bonds is 4. The molecule has 0 aliphatic carbocycles. The fourth-order valence-corrected chi connectivity index (χ4v) is 2.03. The summed E-state index contributed by atoms with van der Waals surface area (Å²) in [6, 6.07) is 8.34. The minimum absolute atomic E-state index is 0.311. The number of carbonyl (C=O) groups is 1. The van der Waals surface area contributed by atoms with Crippen molar-refractivity contribution in [2.45, 2.75) is 6.54 Å². The van der Waals surface area contributed by atoms with E-state index in [1.807, 2.05) is 12.1 Å². The standard InChI is InChI=1S/C16H13N3O3/c20-15-7-12(3-4-18-15)16(21)19-9-11-6-13(10-17-8-11)14-2-1-5-22-14/h1-8,10H,9H2,(H,18,20)(H,19,21). The van der Waals surface area contributed by atoms with Gasteiger partial charge in [-0.3, -0.25) is 14.6 Å². The first-order valence-corrected chi connectivity index (χ1v) is 6.67. The molecule has 0 spiro atoms. The van der Waals surface area contributed by atoms with Gasteiger partial charge in [0.1, 0.15) is 5.76 Å². The summed E-state index contributed by atoms with van der Waals surface area (Å²) in [5.74, 6) is 0.407. The second-order valence-corrected chi connectivity index (χ2v) is 4.68. The van der Waals surface area contributed by atoms with Gasteiger partial charge in [0.15, 0.2) is 0 Å². The number of pyridine rings is 2. The van der Waals surface area contributed by atoms with Crippen LogP contribution in [-0.4, -0.2) is 15.9 Å². The van der Waals surface area contributed by atoms with Crippen LogP contribution < -0.4 is 10.9 Å². The largest absolute Gasteiger partial charge is 0.464 e. The number of amides is 1. The van der Waals surface area contributed by atoms with Crippen LogP contribution in [0.2, 0.25) is 0 Å². The van der Waals surface area contributed by atoms with Gasteiger partial charge in [0.05, 0.1) is 6.26 Å². The monoisotopic (exact) mass is 295 g/mol. The minimum Gasteiger partial charge on any atom is -0.464 e. The fraction of sp³-hybridized carbons (Fsp3) is 0.0625. The number of furan rings is 1. The molecule has 0 aromatic carbocycles. The maximum absolute atomic E-state index is 12.0. The quantitative estimate of drug-likeness (QED) is 0.770. The lowest BCUT2D eigenvalue weighted by Gasteiger charge is -2.06. The van der Waals surface area contributed by atoms with E-state index in [1.54, 1.807) is 30.8 Å². The van der Waals surface area contributed by atoms with Crippen LogP contribution in [0.1, 0.15) is 15.9 Å². The van der Waals surface area contributed by atoms with E-state index >= 15 is 0 Å². The van der Waals surface area contributed by atoms with Crippen LogP contribution in [0.5, 0.6) is 0 Å². The minimum atomic E-state index is -0.311. The summed E-state index contributed by atoms with van der Waals surface area (Å²) in [7, 11) is 0. The Morgan fingerprint density at radius 1 is 1.27 bits per heavy atom. The normalized spacial score (nSPS) is 10.4. The maximum atomic E-state index is 12.0. The molecule has 3 aromatic heterocycles. The second-order valence-electron chi connectivity index (χ2n) is 4.68. The van der Waals surface area contributed by atoms with Gasteiger partial charge < -0.3 is 14.7 Å². The first-order valence-electron chi connectivity index (χ1n) is 6.67. The van der Waals surface area contributed by atoms with Gasteiger partial charge in [-0.15, -0.1) is 0 Å². The maximum Gasteiger partial charge on any atom is 0.251 e. The van der Waals surface area contributed by atoms with Gasteiger partial charge in [-0.05, 0) is 29.8 Å². The summed E-state index contributed by atoms with van der Waals surface area (Å²) in [4.78, 5) is 29.8. The summed E-state index contributed by atoms with van der Waals surface area (Å²) in [6.07, 6.45) is 6.40. The highest BCUT2D eigenvalue weighted by molar-refractivity contribution is 5.93. The van der Waals surface area contributed by atoms with Crippen LogP contribution in [0.3, 0.4) is 0 Å². The van der Waals surface area contributed by atoms with Crippen molar-refractivity contribution in [2.75, 3.05) is 0 Å². The highest BCUT2D eigenvalue weighted by atomic mass is 16.3. The van der Waals surface area contributed by atoms with Crippen LogP contribution in [-0.2, 0) is 6.54 Å². The predicted molar refractivity (Wildman–Crippen MR) is 80.2 cm³/mol. The van der Waals surface area contributed by atoms with E-state index in [1.165, 1.54) is 12.3 Å². The number of H-pyrrole nitrogens is 1. The number of aromatic nitrogens is 2. The van der Waals surface area contributed by atoms with Crippen molar-refractivity contribution in [1.82, 2.24) is 15.3 Å². The number of nitrogens with zero attached hydrogens (tertiary/aromatic N) is 1. The van der Waals surface area contributed by atoms with Gasteiger partial charge in [-0.25, -0.2) is 0 Å². The van der Waals surface area contributed by atoms with E-state index in [9.17, 15) is 9.59 Å². The Balaban J connectivity index is 1.70. The average molecular weight is 295 g/mol. The lowest BCUT2D eigenvalue weighted by Crippen LogP contribution is -2.24. The van der Waals surface area contributed by atoms with Crippen molar-refractivity contribution < 1.29 is 9.21 Å². The third kappa shape index (κ3) is 3.12. The molecule has 0 atom stereocenters. The van der Waals surface area contributed by atoms with Crippen LogP contribution in [0.15, 0.2) is 64.4 Å². The molecule has 6 nitrogen and oxygen atoms in total. The molecule has 0 saturated heterocycles. The topological polar surface area (TPSA) is 88.0 Å². The summed E-state index contributed by atoms with van der Waals surface area (Å²) >= 11 is 0. The summed E-state index contributed by atoms with van der Waals surface area (Å²) in [5, 5.41) is 2.75. The average Bonchev–Trinajstić information content (AvgIpc) is 3.07. The molecule has 110 valence electrons. The molecule has 0 saturated carbocycles. The number of nitrogens with one attached hydrogen (secondary N) is 2. The highest BCUT2D eigenvalue weighted by Gasteiger charge is 2.07. The molecule has 3 heterocycles. The third-order valence-corrected chi connectivity index (χ3v) is 3.09. The van der Waals surface area contributed by atoms with Crippen molar-refractivity contribution in [3.63, 3.8) is 0 Å². The highest BCUT2D eigenvalue weighted by Crippen LogP contribution is 2.19. The van der Waals surface area contributed by atoms with Gasteiger partial charge in [-0.2, -0.15) is 0 Å². The second kappa shape index (κ2) is 6.09. The van der Waals surface area contributed by atoms with Crippen LogP contribution in [0, 0.1) is 0 Å². The Kier molecular flexibility index (Phi) is 3.82. The zero-order valence-corrected chi connectivity index (χ0v) is 11.6. The number of aromatic amines is 1. The summed E-state index contributed by atoms with van der Waals surface area (Å²) in [6.45, 7) is 0.313. The summed E-state index contributed by atoms with van der Waals surface area (Å²) in [5.41, 5.74) is 1.69. The predicted octanol–water partition coefficient (Wildman–Crippen LogP) is 1.96. The van der Waals surface area contributed by atoms with Crippen molar-refractivity contribution in [2.24, 2.45) is 0 Å². The lowest BCUT2D eigenvalue weighted by atomic mass is 10.1. The van der Waals surface area contributed by atoms with Crippen molar-refractivity contribution in [3.8, 4) is 11.3 Å². The lowest BCUT2D eigenvalue weighted by molar-refractivity contribution is 0.0950. The van der Waals surface area contributed by atoms with Crippen molar-refractivity contribution in [3.05, 3.63) is 76.7 Å². The fourth-order valence-electron chi connectivity index (χ4n) is 2.03. The number of carbonyl (C=O) groups excluding carboxylic acids is 1. The zero-order valence-electron chi connectivity index (χ0n) is 11.6. The van der Waals surface area contributed by atoms with E-state index in [0.29, 0.717) is 12.1 Å². The van der Waals surface area contributed by atoms with Gasteiger partial charge in [0.2, 0.25) is 5.56 Å². The molecule has 0 aliphatic heterocycles. The number of hydrogen-bond donors (Lipinski definition) is 2. The smallest absolute Gasteiger partial charge is 0.251 e. The Labute approximate surface area is 125 Å². The molecule has 0 radical (unpaired) electrons. The summed E-state index contributed by atoms with van der Waals surface area (Å²) < 4.78 is 5.32. The van der Waals surface area contributed by atoms with E-state index in [4.69, 9.17) is 4.42 Å².